The Labute approximate surface area is 189 Å². The standard InChI is InChI=1S/C25H33N3O4/c1-6-17(4)22(25(31)26-15-16(2)3)28-24(30)20-9-7-8-10-21(20)27-23(29)18-11-13-19(32-5)14-12-18/h7-14,16-17,22H,6,15H2,1-5H3,(H,26,31)(H,27,29)(H,28,30)/t17-,22-/m0/s1. The van der Waals surface area contributed by atoms with Crippen LogP contribution in [-0.2, 0) is 4.79 Å². The van der Waals surface area contributed by atoms with E-state index in [1.807, 2.05) is 27.7 Å². The third-order valence-corrected chi connectivity index (χ3v) is 5.24. The van der Waals surface area contributed by atoms with E-state index in [-0.39, 0.29) is 17.7 Å². The van der Waals surface area contributed by atoms with Gasteiger partial charge in [-0.3, -0.25) is 14.4 Å². The number of hydrogen-bond donors (Lipinski definition) is 3. The summed E-state index contributed by atoms with van der Waals surface area (Å²) in [6.45, 7) is 8.47. The SMILES string of the molecule is CC[C@H](C)[C@H](NC(=O)c1ccccc1NC(=O)c1ccc(OC)cc1)C(=O)NCC(C)C. The number of benzene rings is 2. The molecule has 3 N–H and O–H groups in total. The molecule has 0 radical (unpaired) electrons. The molecule has 0 bridgehead atoms. The van der Waals surface area contributed by atoms with Gasteiger partial charge in [-0.15, -0.1) is 0 Å². The minimum Gasteiger partial charge on any atom is -0.497 e. The summed E-state index contributed by atoms with van der Waals surface area (Å²) >= 11 is 0. The van der Waals surface area contributed by atoms with Gasteiger partial charge in [0.15, 0.2) is 0 Å². The van der Waals surface area contributed by atoms with Gasteiger partial charge in [0.25, 0.3) is 11.8 Å². The van der Waals surface area contributed by atoms with Gasteiger partial charge >= 0.3 is 0 Å². The maximum atomic E-state index is 13.1. The van der Waals surface area contributed by atoms with Crippen LogP contribution >= 0.6 is 0 Å². The predicted molar refractivity (Wildman–Crippen MR) is 126 cm³/mol. The number of methoxy groups -OCH3 is 1. The van der Waals surface area contributed by atoms with E-state index < -0.39 is 11.9 Å². The second-order valence-electron chi connectivity index (χ2n) is 8.20. The molecule has 2 atom stereocenters. The lowest BCUT2D eigenvalue weighted by Crippen LogP contribution is -2.50. The number of amides is 3. The number of rotatable bonds is 10. The first-order chi connectivity index (χ1) is 15.3. The average Bonchev–Trinajstić information content (AvgIpc) is 2.80. The van der Waals surface area contributed by atoms with Gasteiger partial charge in [-0.2, -0.15) is 0 Å². The Bertz CT molecular complexity index is 925. The van der Waals surface area contributed by atoms with Crippen molar-refractivity contribution in [2.24, 2.45) is 11.8 Å². The van der Waals surface area contributed by atoms with Crippen molar-refractivity contribution in [3.05, 3.63) is 59.7 Å². The Hall–Kier alpha value is -3.35. The fraction of sp³-hybridized carbons (Fsp3) is 0.400. The quantitative estimate of drug-likeness (QED) is 0.524. The van der Waals surface area contributed by atoms with Gasteiger partial charge in [0.1, 0.15) is 11.8 Å². The van der Waals surface area contributed by atoms with Gasteiger partial charge in [0.2, 0.25) is 5.91 Å². The molecule has 3 amide bonds. The first-order valence-electron chi connectivity index (χ1n) is 10.9. The largest absolute Gasteiger partial charge is 0.497 e. The van der Waals surface area contributed by atoms with Crippen LogP contribution in [0.4, 0.5) is 5.69 Å². The third-order valence-electron chi connectivity index (χ3n) is 5.24. The summed E-state index contributed by atoms with van der Waals surface area (Å²) < 4.78 is 5.12. The summed E-state index contributed by atoms with van der Waals surface area (Å²) in [7, 11) is 1.56. The minimum atomic E-state index is -0.670. The Morgan fingerprint density at radius 2 is 1.59 bits per heavy atom. The van der Waals surface area contributed by atoms with Crippen molar-refractivity contribution < 1.29 is 19.1 Å². The first-order valence-corrected chi connectivity index (χ1v) is 10.9. The number of hydrogen-bond acceptors (Lipinski definition) is 4. The zero-order valence-electron chi connectivity index (χ0n) is 19.4. The second kappa shape index (κ2) is 11.9. The molecule has 0 aliphatic heterocycles. The molecule has 0 unspecified atom stereocenters. The van der Waals surface area contributed by atoms with E-state index in [0.29, 0.717) is 35.0 Å². The minimum absolute atomic E-state index is 0.0489. The number of carbonyl (C=O) groups is 3. The molecular formula is C25H33N3O4. The summed E-state index contributed by atoms with van der Waals surface area (Å²) in [5, 5.41) is 8.55. The van der Waals surface area contributed by atoms with Crippen molar-refractivity contribution in [3.8, 4) is 5.75 Å². The van der Waals surface area contributed by atoms with Crippen molar-refractivity contribution in [1.82, 2.24) is 10.6 Å². The Morgan fingerprint density at radius 1 is 0.938 bits per heavy atom. The number of carbonyl (C=O) groups excluding carboxylic acids is 3. The van der Waals surface area contributed by atoms with E-state index in [2.05, 4.69) is 16.0 Å². The van der Waals surface area contributed by atoms with Crippen LogP contribution in [-0.4, -0.2) is 37.4 Å². The van der Waals surface area contributed by atoms with Crippen LogP contribution in [0.5, 0.6) is 5.75 Å². The van der Waals surface area contributed by atoms with Gasteiger partial charge in [-0.05, 0) is 48.2 Å². The van der Waals surface area contributed by atoms with Gasteiger partial charge in [0.05, 0.1) is 18.4 Å². The van der Waals surface area contributed by atoms with Crippen molar-refractivity contribution in [3.63, 3.8) is 0 Å². The molecule has 0 aliphatic rings. The highest BCUT2D eigenvalue weighted by Gasteiger charge is 2.27. The summed E-state index contributed by atoms with van der Waals surface area (Å²) in [5.74, 6) is -0.0655. The molecule has 0 aliphatic carbocycles. The zero-order chi connectivity index (χ0) is 23.7. The molecule has 2 rings (SSSR count). The number of para-hydroxylation sites is 1. The average molecular weight is 440 g/mol. The zero-order valence-corrected chi connectivity index (χ0v) is 19.4. The fourth-order valence-corrected chi connectivity index (χ4v) is 3.06. The molecule has 0 saturated carbocycles. The van der Waals surface area contributed by atoms with Gasteiger partial charge < -0.3 is 20.7 Å². The molecule has 0 saturated heterocycles. The van der Waals surface area contributed by atoms with Crippen molar-refractivity contribution in [1.29, 1.82) is 0 Å². The lowest BCUT2D eigenvalue weighted by molar-refractivity contribution is -0.124. The molecule has 2 aromatic rings. The summed E-state index contributed by atoms with van der Waals surface area (Å²) in [5.41, 5.74) is 1.10. The van der Waals surface area contributed by atoms with Crippen LogP contribution in [0.1, 0.15) is 54.8 Å². The molecule has 2 aromatic carbocycles. The lowest BCUT2D eigenvalue weighted by Gasteiger charge is -2.24. The van der Waals surface area contributed by atoms with E-state index in [1.54, 1.807) is 55.6 Å². The molecule has 7 nitrogen and oxygen atoms in total. The van der Waals surface area contributed by atoms with Crippen LogP contribution in [0, 0.1) is 11.8 Å². The monoisotopic (exact) mass is 439 g/mol. The maximum Gasteiger partial charge on any atom is 0.255 e. The normalized spacial score (nSPS) is 12.6. The first kappa shape index (κ1) is 24.9. The Kier molecular flexibility index (Phi) is 9.25. The number of nitrogens with one attached hydrogen (secondary N) is 3. The van der Waals surface area contributed by atoms with Crippen LogP contribution in [0.2, 0.25) is 0 Å². The van der Waals surface area contributed by atoms with Crippen LogP contribution in [0.25, 0.3) is 0 Å². The van der Waals surface area contributed by atoms with Gasteiger partial charge in [-0.25, -0.2) is 0 Å². The van der Waals surface area contributed by atoms with Crippen molar-refractivity contribution in [2.45, 2.75) is 40.2 Å². The smallest absolute Gasteiger partial charge is 0.255 e. The number of anilines is 1. The molecule has 0 spiro atoms. The Morgan fingerprint density at radius 3 is 2.19 bits per heavy atom. The highest BCUT2D eigenvalue weighted by molar-refractivity contribution is 6.09. The topological polar surface area (TPSA) is 96.5 Å². The molecule has 7 heteroatoms. The number of ether oxygens (including phenoxy) is 1. The summed E-state index contributed by atoms with van der Waals surface area (Å²) in [6.07, 6.45) is 0.732. The van der Waals surface area contributed by atoms with E-state index in [0.717, 1.165) is 6.42 Å². The second-order valence-corrected chi connectivity index (χ2v) is 8.20. The molecule has 0 aromatic heterocycles. The summed E-state index contributed by atoms with van der Waals surface area (Å²) in [6, 6.07) is 12.8. The predicted octanol–water partition coefficient (Wildman–Crippen LogP) is 3.86. The van der Waals surface area contributed by atoms with Crippen molar-refractivity contribution in [2.75, 3.05) is 19.0 Å². The van der Waals surface area contributed by atoms with E-state index in [4.69, 9.17) is 4.74 Å². The highest BCUT2D eigenvalue weighted by atomic mass is 16.5. The van der Waals surface area contributed by atoms with Gasteiger partial charge in [0, 0.05) is 12.1 Å². The fourth-order valence-electron chi connectivity index (χ4n) is 3.06. The highest BCUT2D eigenvalue weighted by Crippen LogP contribution is 2.19. The van der Waals surface area contributed by atoms with E-state index >= 15 is 0 Å². The van der Waals surface area contributed by atoms with Crippen LogP contribution in [0.15, 0.2) is 48.5 Å². The van der Waals surface area contributed by atoms with E-state index in [1.165, 1.54) is 0 Å². The third kappa shape index (κ3) is 6.83. The van der Waals surface area contributed by atoms with Crippen LogP contribution in [0.3, 0.4) is 0 Å². The molecule has 0 fully saturated rings. The Balaban J connectivity index is 2.18. The van der Waals surface area contributed by atoms with Crippen LogP contribution < -0.4 is 20.7 Å². The molecule has 0 heterocycles. The van der Waals surface area contributed by atoms with E-state index in [9.17, 15) is 14.4 Å². The maximum absolute atomic E-state index is 13.1. The molecule has 172 valence electrons. The summed E-state index contributed by atoms with van der Waals surface area (Å²) in [4.78, 5) is 38.5. The lowest BCUT2D eigenvalue weighted by atomic mass is 9.97. The molecule has 32 heavy (non-hydrogen) atoms. The molecular weight excluding hydrogens is 406 g/mol. The van der Waals surface area contributed by atoms with Gasteiger partial charge in [-0.1, -0.05) is 46.2 Å². The van der Waals surface area contributed by atoms with Crippen molar-refractivity contribution >= 4 is 23.4 Å².